The summed E-state index contributed by atoms with van der Waals surface area (Å²) in [5.41, 5.74) is 3.66. The van der Waals surface area contributed by atoms with Crippen molar-refractivity contribution in [2.75, 3.05) is 11.9 Å². The summed E-state index contributed by atoms with van der Waals surface area (Å²) in [4.78, 5) is 2.23. The van der Waals surface area contributed by atoms with Gasteiger partial charge in [-0.2, -0.15) is 11.3 Å². The molecule has 0 aliphatic rings. The van der Waals surface area contributed by atoms with Crippen LogP contribution in [-0.4, -0.2) is 7.05 Å². The van der Waals surface area contributed by atoms with Crippen molar-refractivity contribution in [1.29, 1.82) is 0 Å². The summed E-state index contributed by atoms with van der Waals surface area (Å²) < 4.78 is 1.07. The Kier molecular flexibility index (Phi) is 4.48. The molecule has 0 fully saturated rings. The Hall–Kier alpha value is -0.510. The summed E-state index contributed by atoms with van der Waals surface area (Å²) in [5, 5.41) is 4.29. The Labute approximate surface area is 119 Å². The smallest absolute Gasteiger partial charge is 0.0485 e. The van der Waals surface area contributed by atoms with E-state index in [9.17, 15) is 0 Å². The summed E-state index contributed by atoms with van der Waals surface area (Å²) in [7, 11) is 2.10. The third kappa shape index (κ3) is 3.24. The molecule has 1 aromatic heterocycles. The number of alkyl halides is 1. The normalized spacial score (nSPS) is 10.5. The lowest BCUT2D eigenvalue weighted by Gasteiger charge is -2.19. The van der Waals surface area contributed by atoms with Crippen molar-refractivity contribution in [3.05, 3.63) is 50.6 Å². The van der Waals surface area contributed by atoms with Gasteiger partial charge in [-0.25, -0.2) is 0 Å². The average molecular weight is 331 g/mol. The number of halogens is 2. The third-order valence-corrected chi connectivity index (χ3v) is 4.38. The van der Waals surface area contributed by atoms with E-state index in [1.54, 1.807) is 11.3 Å². The number of anilines is 1. The van der Waals surface area contributed by atoms with Gasteiger partial charge in [0, 0.05) is 29.6 Å². The van der Waals surface area contributed by atoms with Crippen LogP contribution in [0.1, 0.15) is 11.1 Å². The standard InChI is InChI=1S/C13H13BrClNS/c1-16(8-10-4-5-17-9-10)12-3-2-11(7-15)13(14)6-12/h2-6,9H,7-8H2,1H3. The zero-order chi connectivity index (χ0) is 12.3. The van der Waals surface area contributed by atoms with Gasteiger partial charge < -0.3 is 4.90 Å². The first-order valence-corrected chi connectivity index (χ1v) is 7.54. The molecular formula is C13H13BrClNS. The van der Waals surface area contributed by atoms with Crippen LogP contribution in [0, 0.1) is 0 Å². The van der Waals surface area contributed by atoms with Gasteiger partial charge in [0.25, 0.3) is 0 Å². The number of hydrogen-bond donors (Lipinski definition) is 0. The molecule has 17 heavy (non-hydrogen) atoms. The van der Waals surface area contributed by atoms with Crippen LogP contribution in [0.4, 0.5) is 5.69 Å². The summed E-state index contributed by atoms with van der Waals surface area (Å²) >= 11 is 11.1. The molecule has 0 unspecified atom stereocenters. The molecule has 2 rings (SSSR count). The Morgan fingerprint density at radius 3 is 2.76 bits per heavy atom. The first kappa shape index (κ1) is 12.9. The van der Waals surface area contributed by atoms with Gasteiger partial charge in [0.15, 0.2) is 0 Å². The molecule has 4 heteroatoms. The summed E-state index contributed by atoms with van der Waals surface area (Å²) in [6.07, 6.45) is 0. The van der Waals surface area contributed by atoms with E-state index in [0.717, 1.165) is 16.6 Å². The molecule has 0 saturated carbocycles. The summed E-state index contributed by atoms with van der Waals surface area (Å²) in [6.45, 7) is 0.927. The van der Waals surface area contributed by atoms with E-state index in [2.05, 4.69) is 62.9 Å². The molecule has 1 nitrogen and oxygen atoms in total. The Balaban J connectivity index is 2.14. The van der Waals surface area contributed by atoms with E-state index >= 15 is 0 Å². The molecule has 0 bridgehead atoms. The zero-order valence-corrected chi connectivity index (χ0v) is 12.6. The maximum Gasteiger partial charge on any atom is 0.0485 e. The molecule has 0 aliphatic carbocycles. The molecule has 0 N–H and O–H groups in total. The highest BCUT2D eigenvalue weighted by atomic mass is 79.9. The Morgan fingerprint density at radius 2 is 2.18 bits per heavy atom. The maximum absolute atomic E-state index is 5.84. The van der Waals surface area contributed by atoms with Crippen LogP contribution in [0.15, 0.2) is 39.5 Å². The van der Waals surface area contributed by atoms with Gasteiger partial charge in [-0.1, -0.05) is 22.0 Å². The number of hydrogen-bond acceptors (Lipinski definition) is 2. The van der Waals surface area contributed by atoms with Crippen molar-refractivity contribution in [1.82, 2.24) is 0 Å². The molecule has 1 heterocycles. The second kappa shape index (κ2) is 5.89. The van der Waals surface area contributed by atoms with Gasteiger partial charge in [-0.15, -0.1) is 11.6 Å². The highest BCUT2D eigenvalue weighted by Gasteiger charge is 2.05. The van der Waals surface area contributed by atoms with Gasteiger partial charge in [-0.3, -0.25) is 0 Å². The second-order valence-electron chi connectivity index (χ2n) is 3.90. The highest BCUT2D eigenvalue weighted by Crippen LogP contribution is 2.25. The molecule has 2 aromatic rings. The maximum atomic E-state index is 5.84. The van der Waals surface area contributed by atoms with Gasteiger partial charge in [0.05, 0.1) is 0 Å². The SMILES string of the molecule is CN(Cc1ccsc1)c1ccc(CCl)c(Br)c1. The predicted molar refractivity (Wildman–Crippen MR) is 80.1 cm³/mol. The van der Waals surface area contributed by atoms with E-state index < -0.39 is 0 Å². The van der Waals surface area contributed by atoms with Crippen molar-refractivity contribution in [3.63, 3.8) is 0 Å². The molecule has 0 amide bonds. The highest BCUT2D eigenvalue weighted by molar-refractivity contribution is 9.10. The molecular weight excluding hydrogens is 318 g/mol. The number of nitrogens with zero attached hydrogens (tertiary/aromatic N) is 1. The van der Waals surface area contributed by atoms with Crippen LogP contribution in [0.5, 0.6) is 0 Å². The van der Waals surface area contributed by atoms with Gasteiger partial charge >= 0.3 is 0 Å². The first-order valence-electron chi connectivity index (χ1n) is 5.27. The Morgan fingerprint density at radius 1 is 1.35 bits per heavy atom. The minimum Gasteiger partial charge on any atom is -0.370 e. The van der Waals surface area contributed by atoms with E-state index in [1.165, 1.54) is 11.3 Å². The third-order valence-electron chi connectivity index (χ3n) is 2.62. The van der Waals surface area contributed by atoms with Gasteiger partial charge in [0.1, 0.15) is 0 Å². The molecule has 0 atom stereocenters. The molecule has 0 spiro atoms. The largest absolute Gasteiger partial charge is 0.370 e. The van der Waals surface area contributed by atoms with Gasteiger partial charge in [-0.05, 0) is 40.1 Å². The first-order chi connectivity index (χ1) is 8.20. The van der Waals surface area contributed by atoms with Crippen molar-refractivity contribution in [3.8, 4) is 0 Å². The monoisotopic (exact) mass is 329 g/mol. The molecule has 1 aromatic carbocycles. The van der Waals surface area contributed by atoms with Crippen LogP contribution >= 0.6 is 38.9 Å². The van der Waals surface area contributed by atoms with Crippen molar-refractivity contribution < 1.29 is 0 Å². The lowest BCUT2D eigenvalue weighted by atomic mass is 10.2. The fraction of sp³-hybridized carbons (Fsp3) is 0.231. The number of thiophene rings is 1. The van der Waals surface area contributed by atoms with E-state index in [4.69, 9.17) is 11.6 Å². The van der Waals surface area contributed by atoms with Crippen LogP contribution in [0.3, 0.4) is 0 Å². The van der Waals surface area contributed by atoms with E-state index in [0.29, 0.717) is 5.88 Å². The molecule has 0 saturated heterocycles. The van der Waals surface area contributed by atoms with Crippen molar-refractivity contribution >= 4 is 44.6 Å². The van der Waals surface area contributed by atoms with Crippen LogP contribution < -0.4 is 4.90 Å². The van der Waals surface area contributed by atoms with Gasteiger partial charge in [0.2, 0.25) is 0 Å². The zero-order valence-electron chi connectivity index (χ0n) is 9.49. The lowest BCUT2D eigenvalue weighted by molar-refractivity contribution is 0.926. The quantitative estimate of drug-likeness (QED) is 0.722. The fourth-order valence-electron chi connectivity index (χ4n) is 1.63. The fourth-order valence-corrected chi connectivity index (χ4v) is 3.19. The molecule has 0 aliphatic heterocycles. The van der Waals surface area contributed by atoms with Crippen LogP contribution in [0.25, 0.3) is 0 Å². The molecule has 90 valence electrons. The second-order valence-corrected chi connectivity index (χ2v) is 5.80. The molecule has 0 radical (unpaired) electrons. The van der Waals surface area contributed by atoms with E-state index in [-0.39, 0.29) is 0 Å². The number of rotatable bonds is 4. The summed E-state index contributed by atoms with van der Waals surface area (Å²) in [6, 6.07) is 8.44. The van der Waals surface area contributed by atoms with Crippen LogP contribution in [-0.2, 0) is 12.4 Å². The minimum absolute atomic E-state index is 0.537. The average Bonchev–Trinajstić information content (AvgIpc) is 2.81. The van der Waals surface area contributed by atoms with Crippen molar-refractivity contribution in [2.45, 2.75) is 12.4 Å². The number of benzene rings is 1. The van der Waals surface area contributed by atoms with Crippen molar-refractivity contribution in [2.24, 2.45) is 0 Å². The minimum atomic E-state index is 0.537. The summed E-state index contributed by atoms with van der Waals surface area (Å²) in [5.74, 6) is 0.537. The lowest BCUT2D eigenvalue weighted by Crippen LogP contribution is -2.15. The predicted octanol–water partition coefficient (Wildman–Crippen LogP) is 4.89. The van der Waals surface area contributed by atoms with Crippen LogP contribution in [0.2, 0.25) is 0 Å². The topological polar surface area (TPSA) is 3.24 Å². The Bertz CT molecular complexity index is 484. The van der Waals surface area contributed by atoms with E-state index in [1.807, 2.05) is 0 Å².